The van der Waals surface area contributed by atoms with Gasteiger partial charge >= 0.3 is 5.63 Å². The van der Waals surface area contributed by atoms with Gasteiger partial charge in [-0.25, -0.2) is 4.79 Å². The lowest BCUT2D eigenvalue weighted by molar-refractivity contribution is 0.0660. The third-order valence-electron chi connectivity index (χ3n) is 4.26. The second kappa shape index (κ2) is 6.04. The summed E-state index contributed by atoms with van der Waals surface area (Å²) in [4.78, 5) is 30.6. The molecule has 0 bridgehead atoms. The molecule has 1 aliphatic heterocycles. The highest BCUT2D eigenvalue weighted by Crippen LogP contribution is 2.21. The molecule has 23 heavy (non-hydrogen) atoms. The fraction of sp³-hybridized carbons (Fsp3) is 0.412. The summed E-state index contributed by atoms with van der Waals surface area (Å²) < 4.78 is 5.38. The van der Waals surface area contributed by atoms with Crippen LogP contribution in [0.4, 0.5) is 5.69 Å². The van der Waals surface area contributed by atoms with Gasteiger partial charge in [-0.1, -0.05) is 0 Å². The molecule has 1 aliphatic rings. The first-order chi connectivity index (χ1) is 11.0. The molecule has 1 fully saturated rings. The Balaban J connectivity index is 1.95. The maximum absolute atomic E-state index is 12.6. The van der Waals surface area contributed by atoms with E-state index < -0.39 is 5.63 Å². The quantitative estimate of drug-likeness (QED) is 0.781. The Kier molecular flexibility index (Phi) is 4.09. The number of fused-ring (bicyclic) bond motifs is 1. The zero-order chi connectivity index (χ0) is 16.6. The number of rotatable bonds is 2. The highest BCUT2D eigenvalue weighted by molar-refractivity contribution is 5.97. The maximum atomic E-state index is 12.6. The number of nitrogens with zero attached hydrogens (tertiary/aromatic N) is 3. The molecule has 3 rings (SSSR count). The van der Waals surface area contributed by atoms with Crippen LogP contribution in [0, 0.1) is 0 Å². The predicted molar refractivity (Wildman–Crippen MR) is 90.2 cm³/mol. The molecule has 6 heteroatoms. The van der Waals surface area contributed by atoms with Crippen LogP contribution in [-0.4, -0.2) is 63.0 Å². The minimum atomic E-state index is -0.572. The van der Waals surface area contributed by atoms with Crippen LogP contribution < -0.4 is 10.5 Å². The van der Waals surface area contributed by atoms with Gasteiger partial charge in [-0.15, -0.1) is 0 Å². The average molecular weight is 315 g/mol. The van der Waals surface area contributed by atoms with Crippen molar-refractivity contribution in [2.24, 2.45) is 0 Å². The Morgan fingerprint density at radius 1 is 1.13 bits per heavy atom. The lowest BCUT2D eigenvalue weighted by atomic mass is 10.1. The number of amides is 1. The fourth-order valence-electron chi connectivity index (χ4n) is 2.71. The van der Waals surface area contributed by atoms with Crippen molar-refractivity contribution in [3.05, 3.63) is 40.2 Å². The van der Waals surface area contributed by atoms with E-state index in [1.807, 2.05) is 38.2 Å². The predicted octanol–water partition coefficient (Wildman–Crippen LogP) is 1.25. The molecular weight excluding hydrogens is 294 g/mol. The Morgan fingerprint density at radius 3 is 2.48 bits per heavy atom. The molecule has 122 valence electrons. The number of likely N-dealkylation sites (N-methyl/N-ethyl adjacent to an activating group) is 1. The monoisotopic (exact) mass is 315 g/mol. The molecule has 0 radical (unpaired) electrons. The standard InChI is InChI=1S/C17H21N3O3/c1-18(2)13-5-4-12-10-14(17(22)23-15(12)11-13)16(21)20-8-6-19(3)7-9-20/h4-5,10-11H,6-9H2,1-3H3. The molecule has 0 aliphatic carbocycles. The number of hydrogen-bond acceptors (Lipinski definition) is 5. The molecule has 1 saturated heterocycles. The fourth-order valence-corrected chi connectivity index (χ4v) is 2.71. The van der Waals surface area contributed by atoms with E-state index in [9.17, 15) is 9.59 Å². The number of carbonyl (C=O) groups is 1. The summed E-state index contributed by atoms with van der Waals surface area (Å²) in [6.45, 7) is 2.90. The third-order valence-corrected chi connectivity index (χ3v) is 4.26. The number of piperazine rings is 1. The highest BCUT2D eigenvalue weighted by atomic mass is 16.4. The Bertz CT molecular complexity index is 789. The molecule has 2 aromatic rings. The van der Waals surface area contributed by atoms with Gasteiger partial charge in [0.05, 0.1) is 0 Å². The lowest BCUT2D eigenvalue weighted by Crippen LogP contribution is -2.48. The molecule has 0 unspecified atom stereocenters. The number of anilines is 1. The van der Waals surface area contributed by atoms with Gasteiger partial charge in [-0.2, -0.15) is 0 Å². The summed E-state index contributed by atoms with van der Waals surface area (Å²) >= 11 is 0. The molecule has 0 N–H and O–H groups in total. The Hall–Kier alpha value is -2.34. The van der Waals surface area contributed by atoms with Gasteiger partial charge in [0.15, 0.2) is 0 Å². The van der Waals surface area contributed by atoms with E-state index in [1.165, 1.54) is 0 Å². The van der Waals surface area contributed by atoms with Gasteiger partial charge in [-0.05, 0) is 25.2 Å². The number of benzene rings is 1. The zero-order valence-corrected chi connectivity index (χ0v) is 13.7. The van der Waals surface area contributed by atoms with Gasteiger partial charge in [0.25, 0.3) is 5.91 Å². The van der Waals surface area contributed by atoms with E-state index >= 15 is 0 Å². The van der Waals surface area contributed by atoms with E-state index in [-0.39, 0.29) is 11.5 Å². The van der Waals surface area contributed by atoms with E-state index in [2.05, 4.69) is 4.90 Å². The SMILES string of the molecule is CN1CCN(C(=O)c2cc3ccc(N(C)C)cc3oc2=O)CC1. The van der Waals surface area contributed by atoms with Gasteiger partial charge in [0.2, 0.25) is 0 Å². The second-order valence-electron chi connectivity index (χ2n) is 6.16. The molecule has 6 nitrogen and oxygen atoms in total. The van der Waals surface area contributed by atoms with Crippen molar-refractivity contribution in [2.75, 3.05) is 52.2 Å². The van der Waals surface area contributed by atoms with E-state index in [0.717, 1.165) is 24.2 Å². The first kappa shape index (κ1) is 15.6. The molecule has 1 aromatic carbocycles. The first-order valence-electron chi connectivity index (χ1n) is 7.69. The zero-order valence-electron chi connectivity index (χ0n) is 13.7. The second-order valence-corrected chi connectivity index (χ2v) is 6.16. The van der Waals surface area contributed by atoms with Crippen LogP contribution in [-0.2, 0) is 0 Å². The molecule has 0 atom stereocenters. The Morgan fingerprint density at radius 2 is 1.83 bits per heavy atom. The highest BCUT2D eigenvalue weighted by Gasteiger charge is 2.23. The summed E-state index contributed by atoms with van der Waals surface area (Å²) in [5.41, 5.74) is 0.979. The molecular formula is C17H21N3O3. The average Bonchev–Trinajstić information content (AvgIpc) is 2.53. The lowest BCUT2D eigenvalue weighted by Gasteiger charge is -2.32. The number of hydrogen-bond donors (Lipinski definition) is 0. The smallest absolute Gasteiger partial charge is 0.349 e. The molecule has 1 aromatic heterocycles. The van der Waals surface area contributed by atoms with Crippen molar-refractivity contribution in [3.8, 4) is 0 Å². The summed E-state index contributed by atoms with van der Waals surface area (Å²) in [6, 6.07) is 7.25. The van der Waals surface area contributed by atoms with Crippen molar-refractivity contribution in [3.63, 3.8) is 0 Å². The minimum absolute atomic E-state index is 0.111. The molecule has 2 heterocycles. The van der Waals surface area contributed by atoms with Crippen LogP contribution in [0.3, 0.4) is 0 Å². The summed E-state index contributed by atoms with van der Waals surface area (Å²) in [6.07, 6.45) is 0. The number of carbonyl (C=O) groups excluding carboxylic acids is 1. The molecule has 0 spiro atoms. The van der Waals surface area contributed by atoms with Gasteiger partial charge in [0.1, 0.15) is 11.1 Å². The van der Waals surface area contributed by atoms with Crippen LogP contribution >= 0.6 is 0 Å². The van der Waals surface area contributed by atoms with E-state index in [0.29, 0.717) is 18.7 Å². The maximum Gasteiger partial charge on any atom is 0.349 e. The van der Waals surface area contributed by atoms with E-state index in [1.54, 1.807) is 17.0 Å². The van der Waals surface area contributed by atoms with Crippen LogP contribution in [0.15, 0.2) is 33.5 Å². The van der Waals surface area contributed by atoms with Crippen LogP contribution in [0.5, 0.6) is 0 Å². The van der Waals surface area contributed by atoms with Crippen LogP contribution in [0.25, 0.3) is 11.0 Å². The topological polar surface area (TPSA) is 57.0 Å². The normalized spacial score (nSPS) is 15.9. The summed E-state index contributed by atoms with van der Waals surface area (Å²) in [7, 11) is 5.86. The van der Waals surface area contributed by atoms with Gasteiger partial charge in [0, 0.05) is 57.4 Å². The Labute approximate surface area is 134 Å². The van der Waals surface area contributed by atoms with Gasteiger partial charge in [-0.3, -0.25) is 4.79 Å². The van der Waals surface area contributed by atoms with E-state index in [4.69, 9.17) is 4.42 Å². The summed E-state index contributed by atoms with van der Waals surface area (Å²) in [5, 5.41) is 0.757. The largest absolute Gasteiger partial charge is 0.422 e. The molecule has 0 saturated carbocycles. The van der Waals surface area contributed by atoms with Crippen LogP contribution in [0.2, 0.25) is 0 Å². The van der Waals surface area contributed by atoms with Crippen molar-refractivity contribution in [2.45, 2.75) is 0 Å². The van der Waals surface area contributed by atoms with Gasteiger partial charge < -0.3 is 19.1 Å². The van der Waals surface area contributed by atoms with Crippen molar-refractivity contribution in [1.29, 1.82) is 0 Å². The van der Waals surface area contributed by atoms with Crippen molar-refractivity contribution in [1.82, 2.24) is 9.80 Å². The first-order valence-corrected chi connectivity index (χ1v) is 7.69. The molecule has 1 amide bonds. The summed E-state index contributed by atoms with van der Waals surface area (Å²) in [5.74, 6) is -0.245. The third kappa shape index (κ3) is 3.07. The van der Waals surface area contributed by atoms with Crippen molar-refractivity contribution < 1.29 is 9.21 Å². The minimum Gasteiger partial charge on any atom is -0.422 e. The van der Waals surface area contributed by atoms with Crippen molar-refractivity contribution >= 4 is 22.6 Å². The van der Waals surface area contributed by atoms with Crippen LogP contribution in [0.1, 0.15) is 10.4 Å².